The Morgan fingerprint density at radius 3 is 2.40 bits per heavy atom. The van der Waals surface area contributed by atoms with Crippen molar-refractivity contribution in [1.29, 1.82) is 0 Å². The van der Waals surface area contributed by atoms with Crippen molar-refractivity contribution in [2.45, 2.75) is 32.4 Å². The summed E-state index contributed by atoms with van der Waals surface area (Å²) in [5, 5.41) is 8.18. The summed E-state index contributed by atoms with van der Waals surface area (Å²) in [5.41, 5.74) is 0.902. The van der Waals surface area contributed by atoms with Gasteiger partial charge in [-0.1, -0.05) is 36.4 Å². The van der Waals surface area contributed by atoms with Crippen molar-refractivity contribution in [2.75, 3.05) is 13.6 Å². The predicted molar refractivity (Wildman–Crippen MR) is 110 cm³/mol. The largest absolute Gasteiger partial charge is 0.336 e. The fraction of sp³-hybridized carbons (Fsp3) is 0.318. The van der Waals surface area contributed by atoms with Crippen LogP contribution in [0.1, 0.15) is 37.4 Å². The zero-order valence-corrected chi connectivity index (χ0v) is 17.1. The molecule has 0 spiro atoms. The van der Waals surface area contributed by atoms with Gasteiger partial charge < -0.3 is 10.2 Å². The third-order valence-electron chi connectivity index (χ3n) is 4.75. The van der Waals surface area contributed by atoms with Gasteiger partial charge in [-0.15, -0.1) is 0 Å². The summed E-state index contributed by atoms with van der Waals surface area (Å²) in [6.07, 6.45) is 0.162. The molecule has 2 aromatic carbocycles. The molecule has 3 amide bonds. The second-order valence-corrected chi connectivity index (χ2v) is 7.47. The van der Waals surface area contributed by atoms with Crippen LogP contribution in [0.15, 0.2) is 53.6 Å². The Morgan fingerprint density at radius 2 is 1.77 bits per heavy atom. The zero-order valence-electron chi connectivity index (χ0n) is 17.1. The normalized spacial score (nSPS) is 15.9. The molecule has 0 radical (unpaired) electrons. The van der Waals surface area contributed by atoms with Gasteiger partial charge in [0.2, 0.25) is 0 Å². The molecule has 0 unspecified atom stereocenters. The highest BCUT2D eigenvalue weighted by atomic mass is 19.1. The lowest BCUT2D eigenvalue weighted by atomic mass is 9.97. The number of halogens is 2. The van der Waals surface area contributed by atoms with Crippen LogP contribution in [0, 0.1) is 11.6 Å². The van der Waals surface area contributed by atoms with Gasteiger partial charge in [0.05, 0.1) is 11.8 Å². The van der Waals surface area contributed by atoms with Crippen LogP contribution in [0.4, 0.5) is 13.6 Å². The third-order valence-corrected chi connectivity index (χ3v) is 4.75. The average Bonchev–Trinajstić information content (AvgIpc) is 3.13. The Hall–Kier alpha value is -3.29. The van der Waals surface area contributed by atoms with Crippen molar-refractivity contribution in [3.8, 4) is 0 Å². The average molecular weight is 414 g/mol. The van der Waals surface area contributed by atoms with Crippen LogP contribution in [0.2, 0.25) is 0 Å². The molecular weight excluding hydrogens is 390 g/mol. The first-order valence-electron chi connectivity index (χ1n) is 9.68. The van der Waals surface area contributed by atoms with Crippen molar-refractivity contribution in [1.82, 2.24) is 15.2 Å². The van der Waals surface area contributed by atoms with Crippen LogP contribution in [0.5, 0.6) is 0 Å². The van der Waals surface area contributed by atoms with E-state index in [0.717, 1.165) is 5.01 Å². The Labute approximate surface area is 174 Å². The summed E-state index contributed by atoms with van der Waals surface area (Å²) in [5.74, 6) is -1.43. The lowest BCUT2D eigenvalue weighted by molar-refractivity contribution is -0.133. The fourth-order valence-corrected chi connectivity index (χ4v) is 3.29. The number of hydrogen-bond acceptors (Lipinski definition) is 3. The molecule has 30 heavy (non-hydrogen) atoms. The number of amides is 3. The highest BCUT2D eigenvalue weighted by Gasteiger charge is 2.35. The molecule has 0 bridgehead atoms. The van der Waals surface area contributed by atoms with Crippen LogP contribution in [0.3, 0.4) is 0 Å². The van der Waals surface area contributed by atoms with Crippen LogP contribution >= 0.6 is 0 Å². The molecule has 158 valence electrons. The number of hydrazone groups is 1. The van der Waals surface area contributed by atoms with Crippen molar-refractivity contribution >= 4 is 17.6 Å². The van der Waals surface area contributed by atoms with Crippen molar-refractivity contribution in [3.05, 3.63) is 71.3 Å². The monoisotopic (exact) mass is 414 g/mol. The summed E-state index contributed by atoms with van der Waals surface area (Å²) in [7, 11) is 1.49. The van der Waals surface area contributed by atoms with Gasteiger partial charge in [-0.25, -0.2) is 18.6 Å². The summed E-state index contributed by atoms with van der Waals surface area (Å²) >= 11 is 0. The molecule has 0 saturated heterocycles. The number of nitrogens with one attached hydrogen (secondary N) is 1. The molecule has 1 N–H and O–H groups in total. The number of nitrogens with zero attached hydrogens (tertiary/aromatic N) is 3. The number of hydrogen-bond donors (Lipinski definition) is 1. The zero-order chi connectivity index (χ0) is 21.8. The molecule has 1 heterocycles. The first kappa shape index (κ1) is 21.4. The van der Waals surface area contributed by atoms with Gasteiger partial charge >= 0.3 is 6.03 Å². The van der Waals surface area contributed by atoms with Gasteiger partial charge in [0.1, 0.15) is 18.2 Å². The second kappa shape index (κ2) is 9.02. The first-order chi connectivity index (χ1) is 14.3. The minimum Gasteiger partial charge on any atom is -0.336 e. The van der Waals surface area contributed by atoms with Gasteiger partial charge in [-0.2, -0.15) is 5.10 Å². The van der Waals surface area contributed by atoms with Crippen LogP contribution in [-0.2, 0) is 4.79 Å². The van der Waals surface area contributed by atoms with E-state index >= 15 is 0 Å². The maximum atomic E-state index is 14.5. The van der Waals surface area contributed by atoms with E-state index in [1.165, 1.54) is 24.1 Å². The summed E-state index contributed by atoms with van der Waals surface area (Å²) in [6, 6.07) is 11.0. The van der Waals surface area contributed by atoms with E-state index in [9.17, 15) is 18.4 Å². The molecule has 1 atom stereocenters. The van der Waals surface area contributed by atoms with Gasteiger partial charge in [0.25, 0.3) is 5.91 Å². The second-order valence-electron chi connectivity index (χ2n) is 7.47. The fourth-order valence-electron chi connectivity index (χ4n) is 3.29. The number of rotatable bonds is 5. The van der Waals surface area contributed by atoms with E-state index in [4.69, 9.17) is 0 Å². The molecule has 0 aromatic heterocycles. The number of benzene rings is 2. The van der Waals surface area contributed by atoms with E-state index in [0.29, 0.717) is 5.71 Å². The summed E-state index contributed by atoms with van der Waals surface area (Å²) < 4.78 is 28.8. The minimum atomic E-state index is -0.727. The Balaban J connectivity index is 1.90. The van der Waals surface area contributed by atoms with Gasteiger partial charge in [0.15, 0.2) is 0 Å². The topological polar surface area (TPSA) is 65.0 Å². The Morgan fingerprint density at radius 1 is 1.13 bits per heavy atom. The van der Waals surface area contributed by atoms with Gasteiger partial charge in [0, 0.05) is 30.6 Å². The van der Waals surface area contributed by atoms with E-state index in [2.05, 4.69) is 10.4 Å². The van der Waals surface area contributed by atoms with Crippen LogP contribution in [0.25, 0.3) is 0 Å². The maximum absolute atomic E-state index is 14.5. The smallest absolute Gasteiger partial charge is 0.317 e. The van der Waals surface area contributed by atoms with Crippen LogP contribution < -0.4 is 5.32 Å². The summed E-state index contributed by atoms with van der Waals surface area (Å²) in [6.45, 7) is 3.37. The molecule has 8 heteroatoms. The molecule has 0 fully saturated rings. The van der Waals surface area contributed by atoms with E-state index in [1.807, 2.05) is 13.8 Å². The van der Waals surface area contributed by atoms with Crippen molar-refractivity contribution in [3.63, 3.8) is 0 Å². The minimum absolute atomic E-state index is 0.0846. The molecule has 0 aliphatic carbocycles. The number of carbonyl (C=O) groups excluding carboxylic acids is 2. The Kier molecular flexibility index (Phi) is 6.44. The molecule has 1 aliphatic rings. The van der Waals surface area contributed by atoms with E-state index in [-0.39, 0.29) is 30.1 Å². The maximum Gasteiger partial charge on any atom is 0.317 e. The first-order valence-corrected chi connectivity index (χ1v) is 9.68. The highest BCUT2D eigenvalue weighted by Crippen LogP contribution is 2.34. The molecular formula is C22H24F2N4O2. The van der Waals surface area contributed by atoms with Crippen LogP contribution in [-0.4, -0.2) is 47.2 Å². The lowest BCUT2D eigenvalue weighted by Gasteiger charge is -2.25. The third kappa shape index (κ3) is 4.64. The summed E-state index contributed by atoms with van der Waals surface area (Å²) in [4.78, 5) is 26.4. The predicted octanol–water partition coefficient (Wildman–Crippen LogP) is 3.69. The van der Waals surface area contributed by atoms with Gasteiger partial charge in [-0.05, 0) is 26.0 Å². The quantitative estimate of drug-likeness (QED) is 0.811. The van der Waals surface area contributed by atoms with E-state index in [1.54, 1.807) is 36.4 Å². The molecule has 0 saturated carbocycles. The molecule has 3 rings (SSSR count). The number of urea groups is 1. The highest BCUT2D eigenvalue weighted by molar-refractivity contribution is 6.03. The molecule has 2 aromatic rings. The molecule has 6 nitrogen and oxygen atoms in total. The Bertz CT molecular complexity index is 977. The number of likely N-dealkylation sites (N-methyl/N-ethyl adjacent to an activating group) is 1. The SMILES string of the molecule is CC(C)NC(=O)N(C)CC(=O)N1N=C(c2ccccc2F)C[C@@H]1c1ccccc1F. The van der Waals surface area contributed by atoms with Crippen molar-refractivity contribution in [2.24, 2.45) is 5.10 Å². The van der Waals surface area contributed by atoms with Gasteiger partial charge in [-0.3, -0.25) is 4.79 Å². The van der Waals surface area contributed by atoms with E-state index < -0.39 is 29.6 Å². The lowest BCUT2D eigenvalue weighted by Crippen LogP contribution is -2.45. The number of carbonyl (C=O) groups is 2. The molecule has 1 aliphatic heterocycles. The standard InChI is InChI=1S/C22H24F2N4O2/c1-14(2)25-22(30)27(3)13-21(29)28-20(16-9-5-7-11-18(16)24)12-19(26-28)15-8-4-6-10-17(15)23/h4-11,14,20H,12-13H2,1-3H3,(H,25,30)/t20-/m1/s1. The van der Waals surface area contributed by atoms with Crippen molar-refractivity contribution < 1.29 is 18.4 Å².